The van der Waals surface area contributed by atoms with E-state index in [0.717, 1.165) is 26.1 Å². The van der Waals surface area contributed by atoms with E-state index in [9.17, 15) is 0 Å². The van der Waals surface area contributed by atoms with Crippen LogP contribution in [0.2, 0.25) is 0 Å². The fourth-order valence-electron chi connectivity index (χ4n) is 3.03. The van der Waals surface area contributed by atoms with Gasteiger partial charge in [-0.2, -0.15) is 0 Å². The van der Waals surface area contributed by atoms with E-state index in [4.69, 9.17) is 4.74 Å². The predicted octanol–water partition coefficient (Wildman–Crippen LogP) is 2.24. The normalized spacial score (nSPS) is 33.0. The molecule has 1 spiro atoms. The molecule has 2 nitrogen and oxygen atoms in total. The third-order valence-electron chi connectivity index (χ3n) is 4.03. The maximum atomic E-state index is 5.86. The summed E-state index contributed by atoms with van der Waals surface area (Å²) in [5.74, 6) is 1.88. The third kappa shape index (κ3) is 1.43. The van der Waals surface area contributed by atoms with Gasteiger partial charge in [0.15, 0.2) is 0 Å². The molecule has 2 fully saturated rings. The summed E-state index contributed by atoms with van der Waals surface area (Å²) in [5.41, 5.74) is 1.87. The number of hydrogen-bond acceptors (Lipinski definition) is 2. The van der Waals surface area contributed by atoms with Crippen LogP contribution in [0.15, 0.2) is 23.5 Å². The van der Waals surface area contributed by atoms with E-state index in [0.29, 0.717) is 11.3 Å². The van der Waals surface area contributed by atoms with Crippen molar-refractivity contribution in [3.63, 3.8) is 0 Å². The van der Waals surface area contributed by atoms with Gasteiger partial charge in [0, 0.05) is 5.41 Å². The number of rotatable bonds is 0. The summed E-state index contributed by atoms with van der Waals surface area (Å²) in [6, 6.07) is 0. The number of hydrogen-bond donors (Lipinski definition) is 1. The van der Waals surface area contributed by atoms with Crippen molar-refractivity contribution in [1.82, 2.24) is 5.32 Å². The van der Waals surface area contributed by atoms with Crippen LogP contribution in [0.1, 0.15) is 26.2 Å². The molecule has 3 aliphatic rings. The monoisotopic (exact) mass is 205 g/mol. The largest absolute Gasteiger partial charge is 0.493 e. The minimum Gasteiger partial charge on any atom is -0.493 e. The van der Waals surface area contributed by atoms with Crippen LogP contribution in [0.4, 0.5) is 0 Å². The van der Waals surface area contributed by atoms with Crippen molar-refractivity contribution in [2.24, 2.45) is 11.3 Å². The molecule has 0 aromatic carbocycles. The van der Waals surface area contributed by atoms with Gasteiger partial charge in [0.05, 0.1) is 6.61 Å². The van der Waals surface area contributed by atoms with Gasteiger partial charge in [-0.1, -0.05) is 13.0 Å². The summed E-state index contributed by atoms with van der Waals surface area (Å²) < 4.78 is 5.86. The Morgan fingerprint density at radius 2 is 2.20 bits per heavy atom. The predicted molar refractivity (Wildman–Crippen MR) is 60.4 cm³/mol. The first kappa shape index (κ1) is 9.46. The highest BCUT2D eigenvalue weighted by atomic mass is 16.5. The van der Waals surface area contributed by atoms with Gasteiger partial charge in [0.1, 0.15) is 5.76 Å². The molecule has 2 saturated heterocycles. The van der Waals surface area contributed by atoms with Gasteiger partial charge in [-0.3, -0.25) is 0 Å². The molecule has 1 aliphatic carbocycles. The van der Waals surface area contributed by atoms with Gasteiger partial charge in [0.2, 0.25) is 0 Å². The maximum Gasteiger partial charge on any atom is 0.118 e. The van der Waals surface area contributed by atoms with Crippen molar-refractivity contribution < 1.29 is 4.74 Å². The average Bonchev–Trinajstić information content (AvgIpc) is 2.59. The van der Waals surface area contributed by atoms with Crippen molar-refractivity contribution in [3.05, 3.63) is 23.5 Å². The standard InChI is InChI=1S/C13H19NO/c1-10-2-3-12-11(8-10)13(9-15-12)4-6-14-7-5-13/h3,8,10,14H,2,4-7,9H2,1H3. The van der Waals surface area contributed by atoms with Crippen LogP contribution in [-0.4, -0.2) is 19.7 Å². The molecule has 0 aromatic rings. The second-order valence-electron chi connectivity index (χ2n) is 5.18. The number of allylic oxidation sites excluding steroid dienone is 3. The van der Waals surface area contributed by atoms with Gasteiger partial charge in [-0.25, -0.2) is 0 Å². The molecule has 2 heterocycles. The Balaban J connectivity index is 1.94. The second kappa shape index (κ2) is 3.38. The molecule has 0 amide bonds. The van der Waals surface area contributed by atoms with E-state index in [1.807, 2.05) is 0 Å². The molecule has 82 valence electrons. The van der Waals surface area contributed by atoms with E-state index in [2.05, 4.69) is 24.4 Å². The fraction of sp³-hybridized carbons (Fsp3) is 0.692. The van der Waals surface area contributed by atoms with E-state index < -0.39 is 0 Å². The lowest BCUT2D eigenvalue weighted by Crippen LogP contribution is -2.38. The summed E-state index contributed by atoms with van der Waals surface area (Å²) >= 11 is 0. The van der Waals surface area contributed by atoms with Crippen LogP contribution in [0.5, 0.6) is 0 Å². The quantitative estimate of drug-likeness (QED) is 0.655. The van der Waals surface area contributed by atoms with Gasteiger partial charge in [-0.05, 0) is 49.9 Å². The number of ether oxygens (including phenoxy) is 1. The molecule has 3 rings (SSSR count). The molecule has 0 saturated carbocycles. The maximum absolute atomic E-state index is 5.86. The third-order valence-corrected chi connectivity index (χ3v) is 4.03. The first-order valence-corrected chi connectivity index (χ1v) is 6.07. The van der Waals surface area contributed by atoms with Crippen molar-refractivity contribution in [2.75, 3.05) is 19.7 Å². The Hall–Kier alpha value is -0.760. The van der Waals surface area contributed by atoms with Crippen LogP contribution in [-0.2, 0) is 4.74 Å². The van der Waals surface area contributed by atoms with Gasteiger partial charge in [-0.15, -0.1) is 0 Å². The van der Waals surface area contributed by atoms with Gasteiger partial charge >= 0.3 is 0 Å². The van der Waals surface area contributed by atoms with Crippen LogP contribution in [0.25, 0.3) is 0 Å². The lowest BCUT2D eigenvalue weighted by atomic mass is 9.72. The molecule has 2 aliphatic heterocycles. The van der Waals surface area contributed by atoms with Gasteiger partial charge in [0.25, 0.3) is 0 Å². The zero-order valence-corrected chi connectivity index (χ0v) is 9.38. The van der Waals surface area contributed by atoms with E-state index in [-0.39, 0.29) is 0 Å². The molecule has 1 N–H and O–H groups in total. The molecule has 0 aromatic heterocycles. The van der Waals surface area contributed by atoms with Crippen molar-refractivity contribution in [2.45, 2.75) is 26.2 Å². The Labute approximate surface area is 91.4 Å². The first-order chi connectivity index (χ1) is 7.30. The van der Waals surface area contributed by atoms with E-state index in [1.54, 1.807) is 0 Å². The zero-order chi connectivity index (χ0) is 10.3. The zero-order valence-electron chi connectivity index (χ0n) is 9.38. The Kier molecular flexibility index (Phi) is 2.13. The Morgan fingerprint density at radius 3 is 3.00 bits per heavy atom. The van der Waals surface area contributed by atoms with Crippen molar-refractivity contribution >= 4 is 0 Å². The summed E-state index contributed by atoms with van der Waals surface area (Å²) in [6.45, 7) is 5.50. The summed E-state index contributed by atoms with van der Waals surface area (Å²) in [4.78, 5) is 0. The SMILES string of the molecule is CC1C=C2C(=CC1)OCC21CCNCC1. The summed E-state index contributed by atoms with van der Waals surface area (Å²) in [7, 11) is 0. The molecule has 0 radical (unpaired) electrons. The molecule has 0 bridgehead atoms. The summed E-state index contributed by atoms with van der Waals surface area (Å²) in [5, 5.41) is 3.44. The highest BCUT2D eigenvalue weighted by molar-refractivity contribution is 5.40. The Morgan fingerprint density at radius 1 is 1.40 bits per heavy atom. The lowest BCUT2D eigenvalue weighted by Gasteiger charge is -2.33. The van der Waals surface area contributed by atoms with Crippen LogP contribution in [0, 0.1) is 11.3 Å². The molecule has 15 heavy (non-hydrogen) atoms. The first-order valence-electron chi connectivity index (χ1n) is 6.07. The molecular weight excluding hydrogens is 186 g/mol. The highest BCUT2D eigenvalue weighted by Gasteiger charge is 2.44. The van der Waals surface area contributed by atoms with E-state index in [1.165, 1.54) is 24.2 Å². The van der Waals surface area contributed by atoms with Crippen LogP contribution < -0.4 is 5.32 Å². The van der Waals surface area contributed by atoms with E-state index >= 15 is 0 Å². The summed E-state index contributed by atoms with van der Waals surface area (Å²) in [6.07, 6.45) is 8.36. The second-order valence-corrected chi connectivity index (χ2v) is 5.18. The minimum absolute atomic E-state index is 0.353. The number of fused-ring (bicyclic) bond motifs is 2. The number of piperidine rings is 1. The topological polar surface area (TPSA) is 21.3 Å². The van der Waals surface area contributed by atoms with Crippen molar-refractivity contribution in [3.8, 4) is 0 Å². The van der Waals surface area contributed by atoms with Crippen LogP contribution >= 0.6 is 0 Å². The molecule has 2 heteroatoms. The smallest absolute Gasteiger partial charge is 0.118 e. The molecule has 1 atom stereocenters. The lowest BCUT2D eigenvalue weighted by molar-refractivity contribution is 0.156. The number of nitrogens with one attached hydrogen (secondary N) is 1. The molecular formula is C13H19NO. The minimum atomic E-state index is 0.353. The fourth-order valence-corrected chi connectivity index (χ4v) is 3.03. The van der Waals surface area contributed by atoms with Crippen molar-refractivity contribution in [1.29, 1.82) is 0 Å². The highest BCUT2D eigenvalue weighted by Crippen LogP contribution is 2.48. The average molecular weight is 205 g/mol. The Bertz CT molecular complexity index is 323. The van der Waals surface area contributed by atoms with Gasteiger partial charge < -0.3 is 10.1 Å². The molecule has 1 unspecified atom stereocenters. The van der Waals surface area contributed by atoms with Crippen LogP contribution in [0.3, 0.4) is 0 Å².